The van der Waals surface area contributed by atoms with Gasteiger partial charge < -0.3 is 10.1 Å². The number of nitrogens with zero attached hydrogens (tertiary/aromatic N) is 1. The standard InChI is InChI=1S/C11H16N2O2/c1-7(2)8-6-13-9(11(14)12-3)5-10(8)15-4/h5-7H,1-4H3,(H,12,14). The molecule has 1 heterocycles. The Kier molecular flexibility index (Phi) is 3.66. The van der Waals surface area contributed by atoms with Crippen molar-refractivity contribution in [2.75, 3.05) is 14.2 Å². The summed E-state index contributed by atoms with van der Waals surface area (Å²) in [6.45, 7) is 4.11. The lowest BCUT2D eigenvalue weighted by molar-refractivity contribution is 0.0957. The van der Waals surface area contributed by atoms with Crippen LogP contribution in [0.25, 0.3) is 0 Å². The first kappa shape index (κ1) is 11.5. The number of ether oxygens (including phenoxy) is 1. The molecule has 0 aliphatic heterocycles. The van der Waals surface area contributed by atoms with E-state index < -0.39 is 0 Å². The van der Waals surface area contributed by atoms with Crippen LogP contribution in [0.5, 0.6) is 5.75 Å². The number of hydrogen-bond donors (Lipinski definition) is 1. The van der Waals surface area contributed by atoms with Crippen LogP contribution in [0.2, 0.25) is 0 Å². The van der Waals surface area contributed by atoms with Crippen molar-refractivity contribution in [2.45, 2.75) is 19.8 Å². The molecule has 0 saturated carbocycles. The largest absolute Gasteiger partial charge is 0.496 e. The van der Waals surface area contributed by atoms with Crippen LogP contribution in [0.4, 0.5) is 0 Å². The molecule has 0 spiro atoms. The van der Waals surface area contributed by atoms with E-state index in [0.29, 0.717) is 17.4 Å². The molecule has 1 aromatic heterocycles. The minimum atomic E-state index is -0.205. The summed E-state index contributed by atoms with van der Waals surface area (Å²) in [7, 11) is 3.17. The summed E-state index contributed by atoms with van der Waals surface area (Å²) in [5, 5.41) is 2.52. The van der Waals surface area contributed by atoms with Gasteiger partial charge >= 0.3 is 0 Å². The predicted molar refractivity (Wildman–Crippen MR) is 58.3 cm³/mol. The highest BCUT2D eigenvalue weighted by atomic mass is 16.5. The number of amides is 1. The molecule has 4 nitrogen and oxygen atoms in total. The van der Waals surface area contributed by atoms with E-state index in [1.807, 2.05) is 0 Å². The zero-order valence-corrected chi connectivity index (χ0v) is 9.50. The quantitative estimate of drug-likeness (QED) is 0.820. The molecule has 4 heteroatoms. The molecule has 0 radical (unpaired) electrons. The number of hydrogen-bond acceptors (Lipinski definition) is 3. The van der Waals surface area contributed by atoms with Crippen LogP contribution in [0.3, 0.4) is 0 Å². The first-order valence-electron chi connectivity index (χ1n) is 4.86. The normalized spacial score (nSPS) is 10.2. The molecule has 0 aliphatic carbocycles. The van der Waals surface area contributed by atoms with E-state index >= 15 is 0 Å². The highest BCUT2D eigenvalue weighted by Gasteiger charge is 2.12. The van der Waals surface area contributed by atoms with E-state index in [1.54, 1.807) is 26.4 Å². The van der Waals surface area contributed by atoms with Gasteiger partial charge in [-0.2, -0.15) is 0 Å². The number of carbonyl (C=O) groups is 1. The SMILES string of the molecule is CNC(=O)c1cc(OC)c(C(C)C)cn1. The van der Waals surface area contributed by atoms with Crippen LogP contribution in [0.15, 0.2) is 12.3 Å². The van der Waals surface area contributed by atoms with Crippen molar-refractivity contribution in [2.24, 2.45) is 0 Å². The third-order valence-electron chi connectivity index (χ3n) is 2.20. The third-order valence-corrected chi connectivity index (χ3v) is 2.20. The Morgan fingerprint density at radius 3 is 2.67 bits per heavy atom. The number of aromatic nitrogens is 1. The van der Waals surface area contributed by atoms with Gasteiger partial charge in [0.2, 0.25) is 0 Å². The van der Waals surface area contributed by atoms with Crippen LogP contribution < -0.4 is 10.1 Å². The van der Waals surface area contributed by atoms with Gasteiger partial charge in [0.1, 0.15) is 11.4 Å². The van der Waals surface area contributed by atoms with Gasteiger partial charge in [0.05, 0.1) is 7.11 Å². The molecule has 0 fully saturated rings. The van der Waals surface area contributed by atoms with Crippen molar-refractivity contribution in [1.82, 2.24) is 10.3 Å². The second-order valence-corrected chi connectivity index (χ2v) is 3.55. The zero-order valence-electron chi connectivity index (χ0n) is 9.50. The molecule has 0 unspecified atom stereocenters. The van der Waals surface area contributed by atoms with Crippen molar-refractivity contribution < 1.29 is 9.53 Å². The van der Waals surface area contributed by atoms with Crippen LogP contribution >= 0.6 is 0 Å². The number of rotatable bonds is 3. The van der Waals surface area contributed by atoms with Gasteiger partial charge in [0.15, 0.2) is 0 Å². The number of nitrogens with one attached hydrogen (secondary N) is 1. The summed E-state index contributed by atoms with van der Waals surface area (Å²) in [5.41, 5.74) is 1.38. The van der Waals surface area contributed by atoms with Crippen molar-refractivity contribution in [1.29, 1.82) is 0 Å². The first-order valence-corrected chi connectivity index (χ1v) is 4.86. The highest BCUT2D eigenvalue weighted by molar-refractivity contribution is 5.92. The lowest BCUT2D eigenvalue weighted by atomic mass is 10.0. The maximum absolute atomic E-state index is 11.3. The molecule has 15 heavy (non-hydrogen) atoms. The summed E-state index contributed by atoms with van der Waals surface area (Å²) in [4.78, 5) is 15.4. The lowest BCUT2D eigenvalue weighted by Gasteiger charge is -2.11. The molecule has 0 atom stereocenters. The summed E-state index contributed by atoms with van der Waals surface area (Å²) in [6.07, 6.45) is 1.69. The maximum atomic E-state index is 11.3. The van der Waals surface area contributed by atoms with Crippen molar-refractivity contribution in [3.8, 4) is 5.75 Å². The van der Waals surface area contributed by atoms with Gasteiger partial charge in [-0.05, 0) is 5.92 Å². The van der Waals surface area contributed by atoms with E-state index in [9.17, 15) is 4.79 Å². The molecule has 1 rings (SSSR count). The van der Waals surface area contributed by atoms with E-state index in [4.69, 9.17) is 4.74 Å². The number of carbonyl (C=O) groups excluding carboxylic acids is 1. The van der Waals surface area contributed by atoms with E-state index in [1.165, 1.54) is 0 Å². The molecular weight excluding hydrogens is 192 g/mol. The molecule has 1 amide bonds. The van der Waals surface area contributed by atoms with Gasteiger partial charge in [-0.1, -0.05) is 13.8 Å². The molecule has 0 aliphatic rings. The Labute approximate surface area is 89.7 Å². The molecule has 1 aromatic rings. The van der Waals surface area contributed by atoms with Crippen LogP contribution in [0, 0.1) is 0 Å². The van der Waals surface area contributed by atoms with Gasteiger partial charge in [0.25, 0.3) is 5.91 Å². The van der Waals surface area contributed by atoms with Crippen molar-refractivity contribution in [3.05, 3.63) is 23.5 Å². The smallest absolute Gasteiger partial charge is 0.269 e. The molecule has 0 aromatic carbocycles. The highest BCUT2D eigenvalue weighted by Crippen LogP contribution is 2.25. The molecular formula is C11H16N2O2. The average molecular weight is 208 g/mol. The first-order chi connectivity index (χ1) is 7.10. The van der Waals surface area contributed by atoms with E-state index in [0.717, 1.165) is 5.56 Å². The zero-order chi connectivity index (χ0) is 11.4. The summed E-state index contributed by atoms with van der Waals surface area (Å²) in [5.74, 6) is 0.827. The summed E-state index contributed by atoms with van der Waals surface area (Å²) < 4.78 is 5.22. The Bertz CT molecular complexity index is 362. The minimum Gasteiger partial charge on any atom is -0.496 e. The Hall–Kier alpha value is -1.58. The fraction of sp³-hybridized carbons (Fsp3) is 0.455. The molecule has 1 N–H and O–H groups in total. The minimum absolute atomic E-state index is 0.205. The lowest BCUT2D eigenvalue weighted by Crippen LogP contribution is -2.19. The molecule has 82 valence electrons. The third kappa shape index (κ3) is 2.46. The van der Waals surface area contributed by atoms with Crippen molar-refractivity contribution >= 4 is 5.91 Å². The summed E-state index contributed by atoms with van der Waals surface area (Å²) >= 11 is 0. The monoisotopic (exact) mass is 208 g/mol. The van der Waals surface area contributed by atoms with Crippen LogP contribution in [-0.2, 0) is 0 Å². The molecule has 0 saturated heterocycles. The second kappa shape index (κ2) is 4.77. The van der Waals surface area contributed by atoms with E-state index in [2.05, 4.69) is 24.1 Å². The van der Waals surface area contributed by atoms with Crippen LogP contribution in [0.1, 0.15) is 35.8 Å². The van der Waals surface area contributed by atoms with Crippen LogP contribution in [-0.4, -0.2) is 25.0 Å². The topological polar surface area (TPSA) is 51.2 Å². The maximum Gasteiger partial charge on any atom is 0.269 e. The number of methoxy groups -OCH3 is 1. The fourth-order valence-electron chi connectivity index (χ4n) is 1.31. The van der Waals surface area contributed by atoms with Gasteiger partial charge in [0, 0.05) is 24.9 Å². The average Bonchev–Trinajstić information content (AvgIpc) is 2.26. The number of pyridine rings is 1. The Balaban J connectivity index is 3.13. The van der Waals surface area contributed by atoms with E-state index in [-0.39, 0.29) is 5.91 Å². The van der Waals surface area contributed by atoms with Crippen molar-refractivity contribution in [3.63, 3.8) is 0 Å². The van der Waals surface area contributed by atoms with Gasteiger partial charge in [-0.15, -0.1) is 0 Å². The van der Waals surface area contributed by atoms with Gasteiger partial charge in [-0.3, -0.25) is 9.78 Å². The summed E-state index contributed by atoms with van der Waals surface area (Å²) in [6, 6.07) is 1.66. The fourth-order valence-corrected chi connectivity index (χ4v) is 1.31. The predicted octanol–water partition coefficient (Wildman–Crippen LogP) is 1.57. The van der Waals surface area contributed by atoms with Gasteiger partial charge in [-0.25, -0.2) is 0 Å². The second-order valence-electron chi connectivity index (χ2n) is 3.55. The Morgan fingerprint density at radius 2 is 2.20 bits per heavy atom. The Morgan fingerprint density at radius 1 is 1.53 bits per heavy atom. The molecule has 0 bridgehead atoms.